The lowest BCUT2D eigenvalue weighted by Crippen LogP contribution is -2.31. The first-order chi connectivity index (χ1) is 12.4. The van der Waals surface area contributed by atoms with E-state index < -0.39 is 21.9 Å². The number of ether oxygens (including phenoxy) is 2. The normalized spacial score (nSPS) is 17.7. The number of esters is 1. The lowest BCUT2D eigenvalue weighted by Gasteiger charge is -2.13. The summed E-state index contributed by atoms with van der Waals surface area (Å²) in [5.41, 5.74) is 0.159. The third-order valence-corrected chi connectivity index (χ3v) is 6.21. The second-order valence-electron chi connectivity index (χ2n) is 6.11. The second kappa shape index (κ2) is 5.84. The van der Waals surface area contributed by atoms with Crippen molar-refractivity contribution >= 4 is 21.9 Å². The molecule has 2 aliphatic rings. The van der Waals surface area contributed by atoms with Crippen molar-refractivity contribution in [3.05, 3.63) is 53.6 Å². The summed E-state index contributed by atoms with van der Waals surface area (Å²) in [6.07, 6.45) is 1.34. The molecule has 1 fully saturated rings. The Hall–Kier alpha value is -2.87. The molecule has 134 valence electrons. The predicted octanol–water partition coefficient (Wildman–Crippen LogP) is 2.22. The summed E-state index contributed by atoms with van der Waals surface area (Å²) >= 11 is 0. The van der Waals surface area contributed by atoms with Crippen molar-refractivity contribution in [3.63, 3.8) is 0 Å². The van der Waals surface area contributed by atoms with Crippen LogP contribution < -0.4 is 9.47 Å². The molecule has 0 bridgehead atoms. The molecule has 4 rings (SSSR count). The summed E-state index contributed by atoms with van der Waals surface area (Å²) in [6, 6.07) is 10.1. The van der Waals surface area contributed by atoms with E-state index in [0.29, 0.717) is 24.3 Å². The summed E-state index contributed by atoms with van der Waals surface area (Å²) in [5.74, 6) is -0.315. The molecule has 1 heterocycles. The molecule has 0 radical (unpaired) electrons. The van der Waals surface area contributed by atoms with Crippen molar-refractivity contribution in [3.8, 4) is 11.5 Å². The molecule has 1 aliphatic heterocycles. The number of hydrogen-bond donors (Lipinski definition) is 0. The van der Waals surface area contributed by atoms with Crippen LogP contribution in [0.1, 0.15) is 33.6 Å². The van der Waals surface area contributed by atoms with E-state index in [4.69, 9.17) is 9.47 Å². The number of hydrogen-bond acceptors (Lipinski definition) is 6. The molecule has 0 aromatic heterocycles. The smallest absolute Gasteiger partial charge is 0.343 e. The second-order valence-corrected chi connectivity index (χ2v) is 7.90. The zero-order valence-electron chi connectivity index (χ0n) is 13.8. The molecule has 7 nitrogen and oxygen atoms in total. The molecule has 1 amide bonds. The first-order valence-corrected chi connectivity index (χ1v) is 9.45. The van der Waals surface area contributed by atoms with Gasteiger partial charge < -0.3 is 9.47 Å². The molecule has 0 unspecified atom stereocenters. The fourth-order valence-corrected chi connectivity index (χ4v) is 4.70. The van der Waals surface area contributed by atoms with E-state index in [9.17, 15) is 18.0 Å². The highest BCUT2D eigenvalue weighted by molar-refractivity contribution is 7.90. The van der Waals surface area contributed by atoms with Gasteiger partial charge in [-0.25, -0.2) is 17.5 Å². The van der Waals surface area contributed by atoms with Gasteiger partial charge in [0.2, 0.25) is 0 Å². The molecule has 0 spiro atoms. The number of nitrogens with zero attached hydrogens (tertiary/aromatic N) is 1. The molecule has 0 saturated heterocycles. The maximum atomic E-state index is 12.6. The van der Waals surface area contributed by atoms with E-state index in [2.05, 4.69) is 0 Å². The van der Waals surface area contributed by atoms with E-state index in [1.807, 2.05) is 0 Å². The summed E-state index contributed by atoms with van der Waals surface area (Å²) < 4.78 is 36.5. The average molecular weight is 373 g/mol. The van der Waals surface area contributed by atoms with Crippen LogP contribution in [-0.4, -0.2) is 37.8 Å². The minimum atomic E-state index is -3.91. The van der Waals surface area contributed by atoms with Crippen LogP contribution in [0.15, 0.2) is 47.4 Å². The average Bonchev–Trinajstić information content (AvgIpc) is 3.43. The molecular formula is C18H15NO6S. The first-order valence-electron chi connectivity index (χ1n) is 8.01. The third kappa shape index (κ3) is 2.62. The van der Waals surface area contributed by atoms with Crippen LogP contribution in [0.3, 0.4) is 0 Å². The summed E-state index contributed by atoms with van der Waals surface area (Å²) in [7, 11) is -2.38. The lowest BCUT2D eigenvalue weighted by molar-refractivity contribution is 0.0733. The van der Waals surface area contributed by atoms with Gasteiger partial charge in [0.15, 0.2) is 0 Å². The predicted molar refractivity (Wildman–Crippen MR) is 90.8 cm³/mol. The molecule has 2 aromatic carbocycles. The van der Waals surface area contributed by atoms with Crippen LogP contribution in [0.5, 0.6) is 11.5 Å². The first kappa shape index (κ1) is 16.6. The highest BCUT2D eigenvalue weighted by Crippen LogP contribution is 2.39. The Morgan fingerprint density at radius 2 is 1.73 bits per heavy atom. The Bertz CT molecular complexity index is 1010. The van der Waals surface area contributed by atoms with Gasteiger partial charge in [-0.3, -0.25) is 4.79 Å². The van der Waals surface area contributed by atoms with E-state index >= 15 is 0 Å². The van der Waals surface area contributed by atoms with Crippen LogP contribution in [0.4, 0.5) is 0 Å². The van der Waals surface area contributed by atoms with Gasteiger partial charge in [-0.15, -0.1) is 0 Å². The van der Waals surface area contributed by atoms with E-state index in [-0.39, 0.29) is 22.1 Å². The van der Waals surface area contributed by atoms with Gasteiger partial charge in [0.1, 0.15) is 16.4 Å². The molecule has 1 aliphatic carbocycles. The van der Waals surface area contributed by atoms with Gasteiger partial charge >= 0.3 is 5.97 Å². The van der Waals surface area contributed by atoms with Gasteiger partial charge in [0, 0.05) is 6.04 Å². The number of benzene rings is 2. The van der Waals surface area contributed by atoms with Gasteiger partial charge in [0.25, 0.3) is 15.9 Å². The van der Waals surface area contributed by atoms with Gasteiger partial charge in [-0.1, -0.05) is 0 Å². The molecule has 26 heavy (non-hydrogen) atoms. The van der Waals surface area contributed by atoms with Gasteiger partial charge in [0.05, 0.1) is 18.2 Å². The lowest BCUT2D eigenvalue weighted by atomic mass is 10.1. The summed E-state index contributed by atoms with van der Waals surface area (Å²) in [6.45, 7) is 0. The van der Waals surface area contributed by atoms with Crippen molar-refractivity contribution < 1.29 is 27.5 Å². The van der Waals surface area contributed by atoms with Crippen molar-refractivity contribution in [1.29, 1.82) is 0 Å². The van der Waals surface area contributed by atoms with Crippen molar-refractivity contribution in [2.45, 2.75) is 23.8 Å². The Morgan fingerprint density at radius 1 is 1.08 bits per heavy atom. The zero-order chi connectivity index (χ0) is 18.5. The monoisotopic (exact) mass is 373 g/mol. The zero-order valence-corrected chi connectivity index (χ0v) is 14.7. The maximum absolute atomic E-state index is 12.6. The fraction of sp³-hybridized carbons (Fsp3) is 0.222. The molecular weight excluding hydrogens is 358 g/mol. The van der Waals surface area contributed by atoms with Gasteiger partial charge in [-0.05, 0) is 55.3 Å². The number of sulfonamides is 1. The minimum Gasteiger partial charge on any atom is -0.497 e. The van der Waals surface area contributed by atoms with Crippen LogP contribution in [-0.2, 0) is 10.0 Å². The number of carbonyl (C=O) groups is 2. The van der Waals surface area contributed by atoms with Crippen molar-refractivity contribution in [2.24, 2.45) is 0 Å². The summed E-state index contributed by atoms with van der Waals surface area (Å²) in [5, 5.41) is 0. The van der Waals surface area contributed by atoms with Crippen LogP contribution in [0, 0.1) is 0 Å². The number of methoxy groups -OCH3 is 1. The highest BCUT2D eigenvalue weighted by Gasteiger charge is 2.48. The third-order valence-electron chi connectivity index (χ3n) is 4.33. The van der Waals surface area contributed by atoms with E-state index in [1.54, 1.807) is 24.3 Å². The van der Waals surface area contributed by atoms with Gasteiger partial charge in [-0.2, -0.15) is 0 Å². The number of amides is 1. The number of fused-ring (bicyclic) bond motifs is 1. The van der Waals surface area contributed by atoms with Crippen molar-refractivity contribution in [2.75, 3.05) is 7.11 Å². The van der Waals surface area contributed by atoms with Crippen molar-refractivity contribution in [1.82, 2.24) is 4.31 Å². The minimum absolute atomic E-state index is 0.0635. The summed E-state index contributed by atoms with van der Waals surface area (Å²) in [4.78, 5) is 24.5. The Morgan fingerprint density at radius 3 is 2.35 bits per heavy atom. The standard InChI is InChI=1S/C18H15NO6S/c1-24-13-5-7-14(8-6-13)25-18(21)11-2-9-15-16(10-11)26(22,23)19(17(15)20)12-3-4-12/h2,5-10,12H,3-4H2,1H3. The Labute approximate surface area is 150 Å². The quantitative estimate of drug-likeness (QED) is 0.603. The van der Waals surface area contributed by atoms with E-state index in [0.717, 1.165) is 4.31 Å². The fourth-order valence-electron chi connectivity index (χ4n) is 2.85. The molecule has 1 saturated carbocycles. The SMILES string of the molecule is COc1ccc(OC(=O)c2ccc3c(c2)S(=O)(=O)N(C2CC2)C3=O)cc1. The van der Waals surface area contributed by atoms with Crippen LogP contribution in [0.25, 0.3) is 0 Å². The molecule has 2 aromatic rings. The molecule has 8 heteroatoms. The number of rotatable bonds is 4. The highest BCUT2D eigenvalue weighted by atomic mass is 32.2. The number of carbonyl (C=O) groups excluding carboxylic acids is 2. The van der Waals surface area contributed by atoms with Crippen LogP contribution >= 0.6 is 0 Å². The van der Waals surface area contributed by atoms with E-state index in [1.165, 1.54) is 25.3 Å². The largest absolute Gasteiger partial charge is 0.497 e. The molecule has 0 atom stereocenters. The molecule has 0 N–H and O–H groups in total. The Kier molecular flexibility index (Phi) is 3.73. The topological polar surface area (TPSA) is 90.0 Å². The Balaban J connectivity index is 1.62. The van der Waals surface area contributed by atoms with Crippen LogP contribution in [0.2, 0.25) is 0 Å². The maximum Gasteiger partial charge on any atom is 0.343 e.